The fourth-order valence-electron chi connectivity index (χ4n) is 4.32. The van der Waals surface area contributed by atoms with Crippen molar-refractivity contribution in [3.63, 3.8) is 0 Å². The molecule has 1 N–H and O–H groups in total. The van der Waals surface area contributed by atoms with Gasteiger partial charge in [-0.25, -0.2) is 4.98 Å². The predicted molar refractivity (Wildman–Crippen MR) is 111 cm³/mol. The van der Waals surface area contributed by atoms with Crippen LogP contribution in [0.4, 0.5) is 13.2 Å². The molecule has 0 aliphatic carbocycles. The third kappa shape index (κ3) is 3.89. The SMILES string of the molecule is CCc1[nH]c(=O)c(C(=O)N2CCC(c3noc4nc(C)cc(C(F)(F)F)c34)CC2)cc1C. The zero-order chi connectivity index (χ0) is 23.2. The molecule has 0 spiro atoms. The standard InChI is InChI=1S/C22H23F3N4O3/c1-4-16-11(2)9-14(19(30)27-16)21(31)29-7-5-13(6-8-29)18-17-15(22(23,24)25)10-12(3)26-20(17)32-28-18/h9-10,13H,4-8H2,1-3H3,(H,27,30). The minimum atomic E-state index is -4.56. The highest BCUT2D eigenvalue weighted by Gasteiger charge is 2.38. The van der Waals surface area contributed by atoms with Gasteiger partial charge in [0, 0.05) is 30.4 Å². The first-order chi connectivity index (χ1) is 15.1. The molecule has 3 aromatic heterocycles. The van der Waals surface area contributed by atoms with E-state index >= 15 is 0 Å². The lowest BCUT2D eigenvalue weighted by atomic mass is 9.90. The Balaban J connectivity index is 1.57. The smallest absolute Gasteiger partial charge is 0.338 e. The minimum Gasteiger partial charge on any atom is -0.338 e. The number of halogens is 3. The van der Waals surface area contributed by atoms with Crippen LogP contribution in [0.3, 0.4) is 0 Å². The van der Waals surface area contributed by atoms with Crippen molar-refractivity contribution in [1.29, 1.82) is 0 Å². The van der Waals surface area contributed by atoms with E-state index in [2.05, 4.69) is 15.1 Å². The lowest BCUT2D eigenvalue weighted by Crippen LogP contribution is -2.40. The maximum Gasteiger partial charge on any atom is 0.417 e. The molecule has 170 valence electrons. The highest BCUT2D eigenvalue weighted by molar-refractivity contribution is 5.94. The number of aryl methyl sites for hydroxylation is 3. The van der Waals surface area contributed by atoms with Gasteiger partial charge in [0.1, 0.15) is 5.56 Å². The number of aromatic nitrogens is 3. The van der Waals surface area contributed by atoms with Crippen LogP contribution in [0.25, 0.3) is 11.1 Å². The second kappa shape index (κ2) is 8.07. The van der Waals surface area contributed by atoms with Gasteiger partial charge in [-0.2, -0.15) is 13.2 Å². The summed E-state index contributed by atoms with van der Waals surface area (Å²) in [6, 6.07) is 2.59. The van der Waals surface area contributed by atoms with Crippen molar-refractivity contribution < 1.29 is 22.5 Å². The van der Waals surface area contributed by atoms with Gasteiger partial charge in [0.05, 0.1) is 16.6 Å². The molecule has 4 heterocycles. The van der Waals surface area contributed by atoms with E-state index in [1.807, 2.05) is 13.8 Å². The maximum atomic E-state index is 13.6. The zero-order valence-electron chi connectivity index (χ0n) is 18.0. The molecule has 0 aromatic carbocycles. The molecule has 4 rings (SSSR count). The van der Waals surface area contributed by atoms with Gasteiger partial charge in [0.15, 0.2) is 0 Å². The van der Waals surface area contributed by atoms with Crippen molar-refractivity contribution in [2.24, 2.45) is 0 Å². The summed E-state index contributed by atoms with van der Waals surface area (Å²) in [5.41, 5.74) is 0.726. The number of H-pyrrole nitrogens is 1. The molecule has 10 heteroatoms. The topological polar surface area (TPSA) is 92.1 Å². The third-order valence-electron chi connectivity index (χ3n) is 6.01. The highest BCUT2D eigenvalue weighted by Crippen LogP contribution is 2.40. The highest BCUT2D eigenvalue weighted by atomic mass is 19.4. The summed E-state index contributed by atoms with van der Waals surface area (Å²) in [6.45, 7) is 5.82. The van der Waals surface area contributed by atoms with Crippen molar-refractivity contribution in [3.8, 4) is 0 Å². The number of carbonyl (C=O) groups is 1. The van der Waals surface area contributed by atoms with Crippen LogP contribution >= 0.6 is 0 Å². The lowest BCUT2D eigenvalue weighted by Gasteiger charge is -2.31. The summed E-state index contributed by atoms with van der Waals surface area (Å²) in [5, 5.41) is 3.80. The lowest BCUT2D eigenvalue weighted by molar-refractivity contribution is -0.136. The Morgan fingerprint density at radius 1 is 1.25 bits per heavy atom. The van der Waals surface area contributed by atoms with Crippen molar-refractivity contribution in [1.82, 2.24) is 20.0 Å². The number of hydrogen-bond acceptors (Lipinski definition) is 5. The predicted octanol–water partition coefficient (Wildman–Crippen LogP) is 4.13. The Morgan fingerprint density at radius 3 is 2.56 bits per heavy atom. The van der Waals surface area contributed by atoms with E-state index in [1.54, 1.807) is 11.0 Å². The van der Waals surface area contributed by atoms with E-state index in [-0.39, 0.29) is 39.9 Å². The van der Waals surface area contributed by atoms with Crippen molar-refractivity contribution in [2.45, 2.75) is 52.1 Å². The molecular weight excluding hydrogens is 425 g/mol. The molecule has 1 fully saturated rings. The van der Waals surface area contributed by atoms with Gasteiger partial charge in [-0.05, 0) is 50.8 Å². The molecule has 0 unspecified atom stereocenters. The molecule has 0 bridgehead atoms. The number of hydrogen-bond donors (Lipinski definition) is 1. The van der Waals surface area contributed by atoms with Crippen LogP contribution in [0, 0.1) is 13.8 Å². The summed E-state index contributed by atoms with van der Waals surface area (Å²) in [6.07, 6.45) is -3.10. The fourth-order valence-corrected chi connectivity index (χ4v) is 4.32. The molecule has 7 nitrogen and oxygen atoms in total. The first-order valence-corrected chi connectivity index (χ1v) is 10.5. The van der Waals surface area contributed by atoms with Gasteiger partial charge in [-0.3, -0.25) is 9.59 Å². The summed E-state index contributed by atoms with van der Waals surface area (Å²) < 4.78 is 46.0. The molecule has 1 amide bonds. The van der Waals surface area contributed by atoms with E-state index in [9.17, 15) is 22.8 Å². The monoisotopic (exact) mass is 448 g/mol. The molecule has 1 aliphatic rings. The van der Waals surface area contributed by atoms with Gasteiger partial charge in [0.25, 0.3) is 17.2 Å². The van der Waals surface area contributed by atoms with Gasteiger partial charge in [-0.15, -0.1) is 0 Å². The van der Waals surface area contributed by atoms with Gasteiger partial charge in [-0.1, -0.05) is 12.1 Å². The maximum absolute atomic E-state index is 13.6. The Hall–Kier alpha value is -3.17. The minimum absolute atomic E-state index is 0.0732. The number of rotatable bonds is 3. The average Bonchev–Trinajstić information content (AvgIpc) is 3.17. The van der Waals surface area contributed by atoms with Crippen molar-refractivity contribution in [2.75, 3.05) is 13.1 Å². The molecule has 32 heavy (non-hydrogen) atoms. The number of nitrogens with one attached hydrogen (secondary N) is 1. The van der Waals surface area contributed by atoms with Crippen LogP contribution in [0.1, 0.15) is 64.2 Å². The Bertz CT molecular complexity index is 1240. The number of carbonyl (C=O) groups excluding carboxylic acids is 1. The molecule has 0 atom stereocenters. The largest absolute Gasteiger partial charge is 0.417 e. The number of fused-ring (bicyclic) bond motifs is 1. The number of alkyl halides is 3. The summed E-state index contributed by atoms with van der Waals surface area (Å²) >= 11 is 0. The summed E-state index contributed by atoms with van der Waals surface area (Å²) in [5.74, 6) is -0.692. The van der Waals surface area contributed by atoms with Crippen LogP contribution in [-0.2, 0) is 12.6 Å². The van der Waals surface area contributed by atoms with E-state index in [0.29, 0.717) is 32.4 Å². The van der Waals surface area contributed by atoms with Crippen LogP contribution in [0.15, 0.2) is 21.5 Å². The summed E-state index contributed by atoms with van der Waals surface area (Å²) in [4.78, 5) is 33.6. The second-order valence-corrected chi connectivity index (χ2v) is 8.15. The first kappa shape index (κ1) is 22.0. The van der Waals surface area contributed by atoms with Crippen LogP contribution < -0.4 is 5.56 Å². The summed E-state index contributed by atoms with van der Waals surface area (Å²) in [7, 11) is 0. The number of likely N-dealkylation sites (tertiary alicyclic amines) is 1. The van der Waals surface area contributed by atoms with E-state index in [4.69, 9.17) is 4.52 Å². The van der Waals surface area contributed by atoms with Crippen molar-refractivity contribution in [3.05, 3.63) is 56.3 Å². The zero-order valence-corrected chi connectivity index (χ0v) is 18.0. The second-order valence-electron chi connectivity index (χ2n) is 8.15. The van der Waals surface area contributed by atoms with E-state index in [0.717, 1.165) is 17.3 Å². The molecule has 1 saturated heterocycles. The fraction of sp³-hybridized carbons (Fsp3) is 0.455. The Morgan fingerprint density at radius 2 is 1.94 bits per heavy atom. The number of piperidine rings is 1. The van der Waals surface area contributed by atoms with Crippen molar-refractivity contribution >= 4 is 17.0 Å². The third-order valence-corrected chi connectivity index (χ3v) is 6.01. The molecule has 3 aromatic rings. The van der Waals surface area contributed by atoms with Crippen LogP contribution in [0.2, 0.25) is 0 Å². The van der Waals surface area contributed by atoms with Gasteiger partial charge in [0.2, 0.25) is 0 Å². The number of amides is 1. The molecular formula is C22H23F3N4O3. The van der Waals surface area contributed by atoms with Crippen LogP contribution in [0.5, 0.6) is 0 Å². The Labute approximate surface area is 181 Å². The van der Waals surface area contributed by atoms with E-state index < -0.39 is 17.3 Å². The first-order valence-electron chi connectivity index (χ1n) is 10.5. The van der Waals surface area contributed by atoms with Crippen LogP contribution in [-0.4, -0.2) is 39.0 Å². The molecule has 0 radical (unpaired) electrons. The molecule has 1 aliphatic heterocycles. The number of nitrogens with zero attached hydrogens (tertiary/aromatic N) is 3. The molecule has 0 saturated carbocycles. The number of pyridine rings is 2. The van der Waals surface area contributed by atoms with Gasteiger partial charge < -0.3 is 14.4 Å². The van der Waals surface area contributed by atoms with E-state index in [1.165, 1.54) is 6.92 Å². The average molecular weight is 448 g/mol. The van der Waals surface area contributed by atoms with Gasteiger partial charge >= 0.3 is 6.18 Å². The normalized spacial score (nSPS) is 15.5. The Kier molecular flexibility index (Phi) is 5.56. The number of aromatic amines is 1. The quantitative estimate of drug-likeness (QED) is 0.651.